The summed E-state index contributed by atoms with van der Waals surface area (Å²) >= 11 is 2.02. The Morgan fingerprint density at radius 3 is 3.09 bits per heavy atom. The molecule has 0 amide bonds. The highest BCUT2D eigenvalue weighted by molar-refractivity contribution is 7.99. The first-order valence-electron chi connectivity index (χ1n) is 4.28. The van der Waals surface area contributed by atoms with Gasteiger partial charge in [0.15, 0.2) is 0 Å². The summed E-state index contributed by atoms with van der Waals surface area (Å²) in [7, 11) is 0. The quantitative estimate of drug-likeness (QED) is 0.664. The first-order valence-corrected chi connectivity index (χ1v) is 5.43. The zero-order chi connectivity index (χ0) is 8.10. The van der Waals surface area contributed by atoms with Crippen molar-refractivity contribution < 1.29 is 5.11 Å². The Morgan fingerprint density at radius 2 is 2.55 bits per heavy atom. The topological polar surface area (TPSA) is 32.3 Å². The van der Waals surface area contributed by atoms with Crippen LogP contribution in [0, 0.1) is 0 Å². The molecule has 0 aromatic rings. The number of aliphatic hydroxyl groups is 1. The molecule has 1 aliphatic rings. The lowest BCUT2D eigenvalue weighted by Crippen LogP contribution is -2.30. The van der Waals surface area contributed by atoms with E-state index in [4.69, 9.17) is 5.11 Å². The van der Waals surface area contributed by atoms with Gasteiger partial charge in [-0.05, 0) is 32.1 Å². The molecule has 11 heavy (non-hydrogen) atoms. The molecule has 0 radical (unpaired) electrons. The van der Waals surface area contributed by atoms with Crippen molar-refractivity contribution in [3.8, 4) is 0 Å². The van der Waals surface area contributed by atoms with Gasteiger partial charge in [-0.15, -0.1) is 0 Å². The van der Waals surface area contributed by atoms with Gasteiger partial charge in [0.25, 0.3) is 0 Å². The van der Waals surface area contributed by atoms with E-state index >= 15 is 0 Å². The van der Waals surface area contributed by atoms with Crippen molar-refractivity contribution in [3.05, 3.63) is 0 Å². The molecule has 2 atom stereocenters. The van der Waals surface area contributed by atoms with Gasteiger partial charge in [-0.1, -0.05) is 0 Å². The van der Waals surface area contributed by atoms with Crippen LogP contribution in [0.4, 0.5) is 0 Å². The average Bonchev–Trinajstić information content (AvgIpc) is 2.39. The molecule has 0 unspecified atom stereocenters. The Morgan fingerprint density at radius 1 is 1.73 bits per heavy atom. The van der Waals surface area contributed by atoms with Gasteiger partial charge in [0.1, 0.15) is 0 Å². The minimum Gasteiger partial charge on any atom is -0.393 e. The molecule has 2 N–H and O–H groups in total. The van der Waals surface area contributed by atoms with E-state index in [1.54, 1.807) is 0 Å². The first-order chi connectivity index (χ1) is 5.29. The maximum Gasteiger partial charge on any atom is 0.0524 e. The summed E-state index contributed by atoms with van der Waals surface area (Å²) in [5.74, 6) is 2.55. The number of hydrogen-bond donors (Lipinski definition) is 2. The van der Waals surface area contributed by atoms with Crippen molar-refractivity contribution in [1.82, 2.24) is 5.32 Å². The van der Waals surface area contributed by atoms with Crippen LogP contribution >= 0.6 is 11.8 Å². The van der Waals surface area contributed by atoms with Gasteiger partial charge < -0.3 is 10.4 Å². The summed E-state index contributed by atoms with van der Waals surface area (Å²) in [6.07, 6.45) is 2.02. The summed E-state index contributed by atoms with van der Waals surface area (Å²) in [6.45, 7) is 2.80. The van der Waals surface area contributed by atoms with Crippen LogP contribution in [0.15, 0.2) is 0 Å². The Labute approximate surface area is 72.8 Å². The van der Waals surface area contributed by atoms with E-state index in [0.29, 0.717) is 6.04 Å². The number of nitrogens with one attached hydrogen (secondary N) is 1. The Bertz CT molecular complexity index is 102. The predicted octanol–water partition coefficient (Wildman–Crippen LogP) is 0.852. The summed E-state index contributed by atoms with van der Waals surface area (Å²) in [6, 6.07) is 0.707. The number of thioether (sulfide) groups is 1. The molecule has 1 saturated heterocycles. The van der Waals surface area contributed by atoms with E-state index in [0.717, 1.165) is 13.0 Å². The second kappa shape index (κ2) is 5.01. The van der Waals surface area contributed by atoms with E-state index < -0.39 is 0 Å². The maximum atomic E-state index is 8.98. The number of hydrogen-bond acceptors (Lipinski definition) is 3. The molecule has 0 bridgehead atoms. The highest BCUT2D eigenvalue weighted by Gasteiger charge is 2.13. The third-order valence-electron chi connectivity index (χ3n) is 1.92. The maximum absolute atomic E-state index is 8.98. The lowest BCUT2D eigenvalue weighted by atomic mass is 10.2. The largest absolute Gasteiger partial charge is 0.393 e. The van der Waals surface area contributed by atoms with Crippen LogP contribution < -0.4 is 5.32 Å². The summed E-state index contributed by atoms with van der Waals surface area (Å²) < 4.78 is 0. The minimum absolute atomic E-state index is 0.156. The van der Waals surface area contributed by atoms with Crippen LogP contribution in [0.5, 0.6) is 0 Å². The molecule has 0 aliphatic carbocycles. The summed E-state index contributed by atoms with van der Waals surface area (Å²) in [5.41, 5.74) is 0. The molecular formula is C8H17NOS. The highest BCUT2D eigenvalue weighted by atomic mass is 32.2. The standard InChI is InChI=1S/C8H17NOS/c1-7(10)2-4-9-8-3-5-11-6-8/h7-10H,2-6H2,1H3/t7-,8-/m1/s1. The summed E-state index contributed by atoms with van der Waals surface area (Å²) in [4.78, 5) is 0. The Balaban J connectivity index is 1.94. The molecule has 0 spiro atoms. The fraction of sp³-hybridized carbons (Fsp3) is 1.00. The first kappa shape index (κ1) is 9.36. The van der Waals surface area contributed by atoms with Crippen LogP contribution in [-0.2, 0) is 0 Å². The van der Waals surface area contributed by atoms with E-state index in [-0.39, 0.29) is 6.10 Å². The SMILES string of the molecule is C[C@@H](O)CCN[C@@H]1CCSC1. The fourth-order valence-electron chi connectivity index (χ4n) is 1.19. The second-order valence-electron chi connectivity index (χ2n) is 3.15. The highest BCUT2D eigenvalue weighted by Crippen LogP contribution is 2.16. The van der Waals surface area contributed by atoms with Gasteiger partial charge in [-0.3, -0.25) is 0 Å². The second-order valence-corrected chi connectivity index (χ2v) is 4.30. The third kappa shape index (κ3) is 3.99. The molecule has 2 nitrogen and oxygen atoms in total. The van der Waals surface area contributed by atoms with Gasteiger partial charge in [0.2, 0.25) is 0 Å². The van der Waals surface area contributed by atoms with Crippen molar-refractivity contribution in [1.29, 1.82) is 0 Å². The Kier molecular flexibility index (Phi) is 4.26. The van der Waals surface area contributed by atoms with E-state index in [2.05, 4.69) is 5.32 Å². The molecule has 1 fully saturated rings. The molecule has 0 saturated carbocycles. The van der Waals surface area contributed by atoms with Crippen LogP contribution in [0.2, 0.25) is 0 Å². The fourth-order valence-corrected chi connectivity index (χ4v) is 2.38. The van der Waals surface area contributed by atoms with E-state index in [1.165, 1.54) is 17.9 Å². The minimum atomic E-state index is -0.156. The van der Waals surface area contributed by atoms with Gasteiger partial charge in [0, 0.05) is 11.8 Å². The molecule has 1 heterocycles. The molecule has 1 rings (SSSR count). The van der Waals surface area contributed by atoms with Gasteiger partial charge in [0.05, 0.1) is 6.10 Å². The normalized spacial score (nSPS) is 27.3. The lowest BCUT2D eigenvalue weighted by molar-refractivity contribution is 0.182. The number of rotatable bonds is 4. The van der Waals surface area contributed by atoms with Crippen molar-refractivity contribution in [2.75, 3.05) is 18.1 Å². The number of aliphatic hydroxyl groups excluding tert-OH is 1. The molecular weight excluding hydrogens is 158 g/mol. The molecule has 0 aromatic heterocycles. The lowest BCUT2D eigenvalue weighted by Gasteiger charge is -2.11. The smallest absolute Gasteiger partial charge is 0.0524 e. The zero-order valence-corrected chi connectivity index (χ0v) is 7.86. The summed E-state index contributed by atoms with van der Waals surface area (Å²) in [5, 5.41) is 12.4. The van der Waals surface area contributed by atoms with Crippen LogP contribution in [-0.4, -0.2) is 35.3 Å². The van der Waals surface area contributed by atoms with Crippen molar-refractivity contribution in [2.24, 2.45) is 0 Å². The third-order valence-corrected chi connectivity index (χ3v) is 3.09. The van der Waals surface area contributed by atoms with E-state index in [9.17, 15) is 0 Å². The van der Waals surface area contributed by atoms with Crippen molar-refractivity contribution in [3.63, 3.8) is 0 Å². The van der Waals surface area contributed by atoms with Gasteiger partial charge >= 0.3 is 0 Å². The van der Waals surface area contributed by atoms with Crippen molar-refractivity contribution >= 4 is 11.8 Å². The molecule has 3 heteroatoms. The predicted molar refractivity (Wildman–Crippen MR) is 50.0 cm³/mol. The Hall–Kier alpha value is 0.270. The van der Waals surface area contributed by atoms with Crippen LogP contribution in [0.25, 0.3) is 0 Å². The molecule has 66 valence electrons. The average molecular weight is 175 g/mol. The van der Waals surface area contributed by atoms with Gasteiger partial charge in [-0.25, -0.2) is 0 Å². The van der Waals surface area contributed by atoms with Gasteiger partial charge in [-0.2, -0.15) is 11.8 Å². The zero-order valence-electron chi connectivity index (χ0n) is 7.05. The monoisotopic (exact) mass is 175 g/mol. The van der Waals surface area contributed by atoms with E-state index in [1.807, 2.05) is 18.7 Å². The van der Waals surface area contributed by atoms with Crippen molar-refractivity contribution in [2.45, 2.75) is 31.9 Å². The van der Waals surface area contributed by atoms with Crippen LogP contribution in [0.1, 0.15) is 19.8 Å². The molecule has 1 aliphatic heterocycles. The molecule has 0 aromatic carbocycles. The van der Waals surface area contributed by atoms with Crippen LogP contribution in [0.3, 0.4) is 0 Å².